The number of hydrogen-bond donors (Lipinski definition) is 2. The van der Waals surface area contributed by atoms with Crippen LogP contribution in [0, 0.1) is 5.92 Å². The lowest BCUT2D eigenvalue weighted by atomic mass is 9.98. The largest absolute Gasteiger partial charge is 0.467 e. The van der Waals surface area contributed by atoms with Gasteiger partial charge in [-0.05, 0) is 32.9 Å². The molecule has 0 saturated carbocycles. The van der Waals surface area contributed by atoms with Gasteiger partial charge in [0.15, 0.2) is 0 Å². The van der Waals surface area contributed by atoms with Gasteiger partial charge in [-0.1, -0.05) is 20.3 Å². The van der Waals surface area contributed by atoms with Gasteiger partial charge in [0.05, 0.1) is 7.11 Å². The molecule has 0 fully saturated rings. The van der Waals surface area contributed by atoms with Crippen LogP contribution in [0.4, 0.5) is 4.79 Å². The first-order valence-corrected chi connectivity index (χ1v) is 9.31. The number of thioether (sulfide) groups is 1. The van der Waals surface area contributed by atoms with Crippen molar-refractivity contribution >= 4 is 29.7 Å². The highest BCUT2D eigenvalue weighted by molar-refractivity contribution is 7.98. The van der Waals surface area contributed by atoms with E-state index < -0.39 is 35.7 Å². The van der Waals surface area contributed by atoms with E-state index in [2.05, 4.69) is 10.6 Å². The normalized spacial score (nSPS) is 15.0. The molecule has 0 bridgehead atoms. The predicted octanol–water partition coefficient (Wildman–Crippen LogP) is 1.95. The summed E-state index contributed by atoms with van der Waals surface area (Å²) in [5.74, 6) is -0.680. The Hall–Kier alpha value is -1.44. The molecule has 24 heavy (non-hydrogen) atoms. The molecule has 0 saturated heterocycles. The first-order chi connectivity index (χ1) is 11.1. The monoisotopic (exact) mass is 362 g/mol. The topological polar surface area (TPSA) is 93.7 Å². The third-order valence-corrected chi connectivity index (χ3v) is 3.97. The molecule has 3 unspecified atom stereocenters. The number of nitrogens with one attached hydrogen (secondary N) is 2. The molecule has 8 heteroatoms. The van der Waals surface area contributed by atoms with Crippen molar-refractivity contribution < 1.29 is 23.9 Å². The first-order valence-electron chi connectivity index (χ1n) is 7.92. The fraction of sp³-hybridized carbons (Fsp3) is 0.812. The average Bonchev–Trinajstić information content (AvgIpc) is 2.48. The summed E-state index contributed by atoms with van der Waals surface area (Å²) in [6.07, 6.45) is 1.84. The SMILES string of the molecule is CCC(C)C(NC(=O)OC(C)(C)C)C(=O)NC(CSC)C(=O)OC. The molecule has 7 nitrogen and oxygen atoms in total. The minimum Gasteiger partial charge on any atom is -0.467 e. The highest BCUT2D eigenvalue weighted by Gasteiger charge is 2.31. The van der Waals surface area contributed by atoms with Gasteiger partial charge < -0.3 is 20.1 Å². The number of alkyl carbamates (subject to hydrolysis) is 1. The molecule has 2 amide bonds. The van der Waals surface area contributed by atoms with Crippen molar-refractivity contribution in [3.63, 3.8) is 0 Å². The van der Waals surface area contributed by atoms with E-state index in [0.29, 0.717) is 12.2 Å². The van der Waals surface area contributed by atoms with E-state index >= 15 is 0 Å². The molecule has 0 rings (SSSR count). The van der Waals surface area contributed by atoms with Crippen LogP contribution in [0.1, 0.15) is 41.0 Å². The van der Waals surface area contributed by atoms with Crippen LogP contribution in [0.3, 0.4) is 0 Å². The molecule has 0 radical (unpaired) electrons. The van der Waals surface area contributed by atoms with Gasteiger partial charge in [0.1, 0.15) is 17.7 Å². The maximum atomic E-state index is 12.6. The van der Waals surface area contributed by atoms with Crippen LogP contribution in [0.25, 0.3) is 0 Å². The Kier molecular flexibility index (Phi) is 9.80. The molecule has 0 aliphatic heterocycles. The zero-order chi connectivity index (χ0) is 18.9. The molecular formula is C16H30N2O5S. The Morgan fingerprint density at radius 1 is 1.17 bits per heavy atom. The van der Waals surface area contributed by atoms with E-state index in [4.69, 9.17) is 9.47 Å². The number of hydrogen-bond acceptors (Lipinski definition) is 6. The molecule has 2 N–H and O–H groups in total. The van der Waals surface area contributed by atoms with Gasteiger partial charge in [-0.3, -0.25) is 4.79 Å². The molecule has 0 aromatic heterocycles. The third-order valence-electron chi connectivity index (χ3n) is 3.30. The summed E-state index contributed by atoms with van der Waals surface area (Å²) >= 11 is 1.42. The lowest BCUT2D eigenvalue weighted by Gasteiger charge is -2.27. The number of methoxy groups -OCH3 is 1. The van der Waals surface area contributed by atoms with Crippen LogP contribution >= 0.6 is 11.8 Å². The van der Waals surface area contributed by atoms with Crippen LogP contribution in [0.15, 0.2) is 0 Å². The number of amides is 2. The molecule has 0 aliphatic rings. The fourth-order valence-corrected chi connectivity index (χ4v) is 2.43. The molecular weight excluding hydrogens is 332 g/mol. The molecule has 0 aromatic rings. The maximum absolute atomic E-state index is 12.6. The van der Waals surface area contributed by atoms with E-state index in [1.807, 2.05) is 20.1 Å². The van der Waals surface area contributed by atoms with Crippen molar-refractivity contribution in [3.8, 4) is 0 Å². The predicted molar refractivity (Wildman–Crippen MR) is 94.9 cm³/mol. The van der Waals surface area contributed by atoms with Crippen LogP contribution in [0.2, 0.25) is 0 Å². The number of carbonyl (C=O) groups is 3. The number of ether oxygens (including phenoxy) is 2. The molecule has 0 heterocycles. The lowest BCUT2D eigenvalue weighted by Crippen LogP contribution is -2.55. The van der Waals surface area contributed by atoms with Crippen molar-refractivity contribution in [2.24, 2.45) is 5.92 Å². The standard InChI is InChI=1S/C16H30N2O5S/c1-8-10(2)12(18-15(21)23-16(3,4)5)13(19)17-11(9-24-7)14(20)22-6/h10-12H,8-9H2,1-7H3,(H,17,19)(H,18,21). The maximum Gasteiger partial charge on any atom is 0.408 e. The summed E-state index contributed by atoms with van der Waals surface area (Å²) in [6.45, 7) is 9.01. The van der Waals surface area contributed by atoms with Crippen molar-refractivity contribution in [2.45, 2.75) is 58.7 Å². The van der Waals surface area contributed by atoms with E-state index in [-0.39, 0.29) is 5.92 Å². The summed E-state index contributed by atoms with van der Waals surface area (Å²) in [4.78, 5) is 36.3. The van der Waals surface area contributed by atoms with E-state index in [1.165, 1.54) is 18.9 Å². The lowest BCUT2D eigenvalue weighted by molar-refractivity contribution is -0.144. The number of rotatable bonds is 8. The second-order valence-corrected chi connectivity index (χ2v) is 7.46. The quantitative estimate of drug-likeness (QED) is 0.641. The van der Waals surface area contributed by atoms with Crippen molar-refractivity contribution in [1.82, 2.24) is 10.6 Å². The average molecular weight is 362 g/mol. The fourth-order valence-electron chi connectivity index (χ4n) is 1.88. The van der Waals surface area contributed by atoms with E-state index in [0.717, 1.165) is 0 Å². The third kappa shape index (κ3) is 8.42. The van der Waals surface area contributed by atoms with Gasteiger partial charge in [0, 0.05) is 5.75 Å². The Morgan fingerprint density at radius 2 is 1.75 bits per heavy atom. The van der Waals surface area contributed by atoms with Gasteiger partial charge in [-0.15, -0.1) is 0 Å². The zero-order valence-electron chi connectivity index (χ0n) is 15.6. The zero-order valence-corrected chi connectivity index (χ0v) is 16.4. The smallest absolute Gasteiger partial charge is 0.408 e. The van der Waals surface area contributed by atoms with E-state index in [1.54, 1.807) is 20.8 Å². The number of esters is 1. The van der Waals surface area contributed by atoms with Crippen molar-refractivity contribution in [2.75, 3.05) is 19.1 Å². The Bertz CT molecular complexity index is 437. The summed E-state index contributed by atoms with van der Waals surface area (Å²) in [6, 6.07) is -1.55. The van der Waals surface area contributed by atoms with Crippen molar-refractivity contribution in [1.29, 1.82) is 0 Å². The molecule has 0 spiro atoms. The molecule has 3 atom stereocenters. The molecule has 0 aliphatic carbocycles. The van der Waals surface area contributed by atoms with Crippen LogP contribution in [-0.4, -0.2) is 54.8 Å². The summed E-state index contributed by atoms with van der Waals surface area (Å²) in [7, 11) is 1.27. The summed E-state index contributed by atoms with van der Waals surface area (Å²) in [5.41, 5.74) is -0.659. The van der Waals surface area contributed by atoms with Gasteiger partial charge in [0.2, 0.25) is 5.91 Å². The molecule has 0 aromatic carbocycles. The summed E-state index contributed by atoms with van der Waals surface area (Å²) in [5, 5.41) is 5.24. The van der Waals surface area contributed by atoms with Gasteiger partial charge in [-0.2, -0.15) is 11.8 Å². The minimum absolute atomic E-state index is 0.120. The van der Waals surface area contributed by atoms with Gasteiger partial charge >= 0.3 is 12.1 Å². The summed E-state index contributed by atoms with van der Waals surface area (Å²) < 4.78 is 9.91. The van der Waals surface area contributed by atoms with E-state index in [9.17, 15) is 14.4 Å². The second-order valence-electron chi connectivity index (χ2n) is 6.55. The van der Waals surface area contributed by atoms with Gasteiger partial charge in [0.25, 0.3) is 0 Å². The van der Waals surface area contributed by atoms with Crippen LogP contribution in [0.5, 0.6) is 0 Å². The highest BCUT2D eigenvalue weighted by Crippen LogP contribution is 2.12. The van der Waals surface area contributed by atoms with Crippen LogP contribution < -0.4 is 10.6 Å². The number of carbonyl (C=O) groups excluding carboxylic acids is 3. The van der Waals surface area contributed by atoms with Crippen LogP contribution in [-0.2, 0) is 19.1 Å². The Morgan fingerprint density at radius 3 is 2.17 bits per heavy atom. The van der Waals surface area contributed by atoms with Crippen molar-refractivity contribution in [3.05, 3.63) is 0 Å². The highest BCUT2D eigenvalue weighted by atomic mass is 32.2. The minimum atomic E-state index is -0.793. The second kappa shape index (κ2) is 10.4. The first kappa shape index (κ1) is 22.6. The Labute approximate surface area is 148 Å². The van der Waals surface area contributed by atoms with Gasteiger partial charge in [-0.25, -0.2) is 9.59 Å². The molecule has 140 valence electrons. The Balaban J connectivity index is 5.06.